The number of halogens is 1. The first-order valence-electron chi connectivity index (χ1n) is 8.74. The Balaban J connectivity index is 1.35. The van der Waals surface area contributed by atoms with Crippen molar-refractivity contribution in [3.63, 3.8) is 0 Å². The first-order valence-corrected chi connectivity index (χ1v) is 9.12. The van der Waals surface area contributed by atoms with Gasteiger partial charge in [-0.2, -0.15) is 0 Å². The Morgan fingerprint density at radius 2 is 1.71 bits per heavy atom. The van der Waals surface area contributed by atoms with Crippen LogP contribution in [-0.2, 0) is 11.3 Å². The summed E-state index contributed by atoms with van der Waals surface area (Å²) in [5.41, 5.74) is 1.24. The van der Waals surface area contributed by atoms with Crippen molar-refractivity contribution in [3.8, 4) is 0 Å². The standard InChI is InChI=1S/C18H22ClN3O2/c19-14-5-3-13(4-6-14)12-20-10-7-15(8-11-20)22-17(23)16-2-1-9-21(16)18(22)24/h3-6,15-16H,1-2,7-12H2. The lowest BCUT2D eigenvalue weighted by Gasteiger charge is -2.35. The molecular weight excluding hydrogens is 326 g/mol. The molecular formula is C18H22ClN3O2. The van der Waals surface area contributed by atoms with Crippen molar-refractivity contribution in [1.82, 2.24) is 14.7 Å². The molecule has 0 bridgehead atoms. The predicted molar refractivity (Wildman–Crippen MR) is 91.7 cm³/mol. The van der Waals surface area contributed by atoms with Gasteiger partial charge in [0.15, 0.2) is 0 Å². The molecule has 3 amide bonds. The zero-order valence-corrected chi connectivity index (χ0v) is 14.4. The smallest absolute Gasteiger partial charge is 0.312 e. The molecule has 3 heterocycles. The fourth-order valence-corrected chi connectivity index (χ4v) is 4.29. The van der Waals surface area contributed by atoms with Gasteiger partial charge in [-0.3, -0.25) is 14.6 Å². The lowest BCUT2D eigenvalue weighted by molar-refractivity contribution is -0.130. The fraction of sp³-hybridized carbons (Fsp3) is 0.556. The third-order valence-corrected chi connectivity index (χ3v) is 5.72. The number of carbonyl (C=O) groups is 2. The summed E-state index contributed by atoms with van der Waals surface area (Å²) in [6.07, 6.45) is 3.52. The quantitative estimate of drug-likeness (QED) is 0.790. The molecule has 1 aromatic rings. The molecule has 4 rings (SSSR count). The number of likely N-dealkylation sites (tertiary alicyclic amines) is 1. The summed E-state index contributed by atoms with van der Waals surface area (Å²) in [5.74, 6) is 0.0358. The van der Waals surface area contributed by atoms with Gasteiger partial charge in [0.05, 0.1) is 0 Å². The van der Waals surface area contributed by atoms with Gasteiger partial charge in [-0.05, 0) is 43.4 Å². The Morgan fingerprint density at radius 1 is 1.00 bits per heavy atom. The van der Waals surface area contributed by atoms with E-state index < -0.39 is 0 Å². The van der Waals surface area contributed by atoms with E-state index in [1.54, 1.807) is 9.80 Å². The first-order chi connectivity index (χ1) is 11.6. The molecule has 1 unspecified atom stereocenters. The van der Waals surface area contributed by atoms with Crippen LogP contribution in [0, 0.1) is 0 Å². The van der Waals surface area contributed by atoms with E-state index in [-0.39, 0.29) is 24.0 Å². The van der Waals surface area contributed by atoms with Gasteiger partial charge >= 0.3 is 6.03 Å². The average Bonchev–Trinajstić information content (AvgIpc) is 3.15. The summed E-state index contributed by atoms with van der Waals surface area (Å²) in [4.78, 5) is 30.8. The molecule has 3 aliphatic rings. The highest BCUT2D eigenvalue weighted by atomic mass is 35.5. The number of urea groups is 1. The van der Waals surface area contributed by atoms with E-state index in [2.05, 4.69) is 17.0 Å². The van der Waals surface area contributed by atoms with Crippen molar-refractivity contribution in [3.05, 3.63) is 34.9 Å². The van der Waals surface area contributed by atoms with Crippen LogP contribution in [0.25, 0.3) is 0 Å². The SMILES string of the molecule is O=C1C2CCCN2C(=O)N1C1CCN(Cc2ccc(Cl)cc2)CC1. The summed E-state index contributed by atoms with van der Waals surface area (Å²) < 4.78 is 0. The summed E-state index contributed by atoms with van der Waals surface area (Å²) in [6, 6.07) is 7.77. The van der Waals surface area contributed by atoms with Crippen molar-refractivity contribution in [2.45, 2.75) is 44.3 Å². The van der Waals surface area contributed by atoms with Crippen LogP contribution in [0.4, 0.5) is 4.79 Å². The minimum Gasteiger partial charge on any atom is -0.312 e. The lowest BCUT2D eigenvalue weighted by Crippen LogP contribution is -2.48. The molecule has 0 N–H and O–H groups in total. The maximum absolute atomic E-state index is 12.5. The number of hydrogen-bond acceptors (Lipinski definition) is 3. The number of amides is 3. The summed E-state index contributed by atoms with van der Waals surface area (Å²) in [5, 5.41) is 0.754. The third kappa shape index (κ3) is 2.80. The number of carbonyl (C=O) groups excluding carboxylic acids is 2. The van der Waals surface area contributed by atoms with E-state index in [4.69, 9.17) is 11.6 Å². The van der Waals surface area contributed by atoms with Crippen LogP contribution >= 0.6 is 11.6 Å². The topological polar surface area (TPSA) is 43.9 Å². The molecule has 1 aromatic carbocycles. The molecule has 0 aliphatic carbocycles. The van der Waals surface area contributed by atoms with Gasteiger partial charge in [0.25, 0.3) is 5.91 Å². The number of nitrogens with zero attached hydrogens (tertiary/aromatic N) is 3. The van der Waals surface area contributed by atoms with Crippen molar-refractivity contribution in [2.75, 3.05) is 19.6 Å². The summed E-state index contributed by atoms with van der Waals surface area (Å²) in [7, 11) is 0. The minimum absolute atomic E-state index is 0.0358. The molecule has 5 nitrogen and oxygen atoms in total. The Labute approximate surface area is 147 Å². The average molecular weight is 348 g/mol. The van der Waals surface area contributed by atoms with Gasteiger partial charge in [0.1, 0.15) is 6.04 Å². The fourth-order valence-electron chi connectivity index (χ4n) is 4.17. The number of imide groups is 1. The highest BCUT2D eigenvalue weighted by Crippen LogP contribution is 2.31. The van der Waals surface area contributed by atoms with E-state index in [1.165, 1.54) is 5.56 Å². The van der Waals surface area contributed by atoms with Gasteiger partial charge in [0, 0.05) is 37.2 Å². The second-order valence-electron chi connectivity index (χ2n) is 6.98. The third-order valence-electron chi connectivity index (χ3n) is 5.47. The number of fused-ring (bicyclic) bond motifs is 1. The molecule has 0 aromatic heterocycles. The molecule has 3 fully saturated rings. The monoisotopic (exact) mass is 347 g/mol. The van der Waals surface area contributed by atoms with E-state index in [9.17, 15) is 9.59 Å². The second-order valence-corrected chi connectivity index (χ2v) is 7.41. The van der Waals surface area contributed by atoms with Gasteiger partial charge in [-0.25, -0.2) is 4.79 Å². The van der Waals surface area contributed by atoms with Crippen LogP contribution in [0.15, 0.2) is 24.3 Å². The maximum Gasteiger partial charge on any atom is 0.327 e. The normalized spacial score (nSPS) is 25.6. The predicted octanol–water partition coefficient (Wildman–Crippen LogP) is 2.73. The Hall–Kier alpha value is -1.59. The van der Waals surface area contributed by atoms with Crippen molar-refractivity contribution in [1.29, 1.82) is 0 Å². The van der Waals surface area contributed by atoms with Crippen LogP contribution in [0.3, 0.4) is 0 Å². The molecule has 3 aliphatic heterocycles. The van der Waals surface area contributed by atoms with E-state index >= 15 is 0 Å². The lowest BCUT2D eigenvalue weighted by atomic mass is 10.0. The van der Waals surface area contributed by atoms with E-state index in [1.807, 2.05) is 12.1 Å². The zero-order valence-electron chi connectivity index (χ0n) is 13.7. The van der Waals surface area contributed by atoms with Crippen LogP contribution in [0.1, 0.15) is 31.2 Å². The first kappa shape index (κ1) is 15.9. The Morgan fingerprint density at radius 3 is 2.38 bits per heavy atom. The molecule has 24 heavy (non-hydrogen) atoms. The number of piperidine rings is 1. The number of benzene rings is 1. The maximum atomic E-state index is 12.5. The summed E-state index contributed by atoms with van der Waals surface area (Å²) in [6.45, 7) is 3.45. The van der Waals surface area contributed by atoms with Crippen LogP contribution in [0.2, 0.25) is 5.02 Å². The van der Waals surface area contributed by atoms with Gasteiger partial charge in [0.2, 0.25) is 0 Å². The minimum atomic E-state index is -0.176. The largest absolute Gasteiger partial charge is 0.327 e. The van der Waals surface area contributed by atoms with Crippen LogP contribution in [0.5, 0.6) is 0 Å². The molecule has 0 spiro atoms. The highest BCUT2D eigenvalue weighted by molar-refractivity contribution is 6.30. The molecule has 1 atom stereocenters. The van der Waals surface area contributed by atoms with Gasteiger partial charge in [-0.1, -0.05) is 23.7 Å². The van der Waals surface area contributed by atoms with Gasteiger partial charge in [-0.15, -0.1) is 0 Å². The van der Waals surface area contributed by atoms with Crippen LogP contribution in [-0.4, -0.2) is 58.4 Å². The van der Waals surface area contributed by atoms with Gasteiger partial charge < -0.3 is 4.90 Å². The zero-order chi connectivity index (χ0) is 16.7. The Bertz CT molecular complexity index is 618. The molecule has 128 valence electrons. The van der Waals surface area contributed by atoms with E-state index in [0.717, 1.165) is 56.9 Å². The highest BCUT2D eigenvalue weighted by Gasteiger charge is 2.49. The number of hydrogen-bond donors (Lipinski definition) is 0. The molecule has 6 heteroatoms. The number of rotatable bonds is 3. The van der Waals surface area contributed by atoms with Crippen molar-refractivity contribution in [2.24, 2.45) is 0 Å². The van der Waals surface area contributed by atoms with E-state index in [0.29, 0.717) is 0 Å². The molecule has 0 saturated carbocycles. The summed E-state index contributed by atoms with van der Waals surface area (Å²) >= 11 is 5.93. The van der Waals surface area contributed by atoms with Crippen LogP contribution < -0.4 is 0 Å². The van der Waals surface area contributed by atoms with Crippen molar-refractivity contribution >= 4 is 23.5 Å². The molecule has 0 radical (unpaired) electrons. The van der Waals surface area contributed by atoms with Crippen molar-refractivity contribution < 1.29 is 9.59 Å². The second kappa shape index (κ2) is 6.37. The molecule has 3 saturated heterocycles. The Kier molecular flexibility index (Phi) is 4.22.